The van der Waals surface area contributed by atoms with Crippen molar-refractivity contribution in [3.63, 3.8) is 0 Å². The summed E-state index contributed by atoms with van der Waals surface area (Å²) in [5.41, 5.74) is 7.35. The van der Waals surface area contributed by atoms with Gasteiger partial charge in [0.1, 0.15) is 11.9 Å². The van der Waals surface area contributed by atoms with E-state index in [1.165, 1.54) is 12.1 Å². The molecule has 0 unspecified atom stereocenters. The van der Waals surface area contributed by atoms with E-state index < -0.39 is 16.1 Å². The van der Waals surface area contributed by atoms with Gasteiger partial charge in [-0.1, -0.05) is 24.3 Å². The van der Waals surface area contributed by atoms with Crippen molar-refractivity contribution in [1.29, 1.82) is 5.41 Å². The molecule has 0 spiro atoms. The van der Waals surface area contributed by atoms with E-state index in [1.54, 1.807) is 53.2 Å². The molecule has 2 aromatic rings. The number of rotatable bonds is 12. The maximum atomic E-state index is 13.9. The molecule has 2 fully saturated rings. The molecule has 3 amide bonds. The zero-order chi connectivity index (χ0) is 31.0. The number of amides is 3. The summed E-state index contributed by atoms with van der Waals surface area (Å²) in [5, 5.41) is 10.4. The van der Waals surface area contributed by atoms with Crippen molar-refractivity contribution in [2.24, 2.45) is 11.7 Å². The van der Waals surface area contributed by atoms with Gasteiger partial charge in [0.05, 0.1) is 4.90 Å². The van der Waals surface area contributed by atoms with Gasteiger partial charge in [0.2, 0.25) is 27.7 Å². The van der Waals surface area contributed by atoms with Crippen LogP contribution in [0.5, 0.6) is 0 Å². The van der Waals surface area contributed by atoms with Crippen LogP contribution in [0.2, 0.25) is 0 Å². The lowest BCUT2D eigenvalue weighted by Gasteiger charge is -2.34. The number of nitrogen functional groups attached to an aromatic ring is 1. The first kappa shape index (κ1) is 35.1. The SMILES string of the molecule is CNC(=O)CCCC1CCN(C(=O)[C@H](Cc2cccc(C(=N)N)c2)NS(=O)(=O)c2cccc(N3CCCCC3=O)c2)CC1.S. The summed E-state index contributed by atoms with van der Waals surface area (Å²) >= 11 is 0. The first-order chi connectivity index (χ1) is 20.6. The molecule has 0 radical (unpaired) electrons. The Hall–Kier alpha value is -3.42. The topological polar surface area (TPSA) is 166 Å². The summed E-state index contributed by atoms with van der Waals surface area (Å²) in [6.07, 6.45) is 5.90. The third-order valence-corrected chi connectivity index (χ3v) is 9.73. The van der Waals surface area contributed by atoms with Crippen LogP contribution in [0.25, 0.3) is 0 Å². The van der Waals surface area contributed by atoms with Crippen LogP contribution < -0.4 is 20.7 Å². The Morgan fingerprint density at radius 1 is 1.07 bits per heavy atom. The Balaban J connectivity index is 0.00000529. The lowest BCUT2D eigenvalue weighted by molar-refractivity contribution is -0.134. The first-order valence-corrected chi connectivity index (χ1v) is 16.4. The van der Waals surface area contributed by atoms with E-state index in [4.69, 9.17) is 11.1 Å². The number of carbonyl (C=O) groups is 3. The fourth-order valence-electron chi connectivity index (χ4n) is 5.77. The highest BCUT2D eigenvalue weighted by molar-refractivity contribution is 7.89. The molecule has 2 heterocycles. The van der Waals surface area contributed by atoms with Crippen LogP contribution in [-0.4, -0.2) is 69.6 Å². The van der Waals surface area contributed by atoms with Crippen molar-refractivity contribution in [3.8, 4) is 0 Å². The standard InChI is InChI=1S/C31H42N6O5S.H2S/c1-34-28(38)12-5-7-22-14-17-36(18-15-22)31(40)27(20-23-8-4-9-24(19-23)30(32)33)35-43(41,42)26-11-6-10-25(21-26)37-16-3-2-13-29(37)39;/h4,6,8-11,19,21-22,27,35H,2-3,5,7,12-18,20H2,1H3,(H3,32,33)(H,34,38);1H2/t27-;/m0./s1. The van der Waals surface area contributed by atoms with Gasteiger partial charge in [-0.15, -0.1) is 0 Å². The Bertz CT molecular complexity index is 1440. The maximum Gasteiger partial charge on any atom is 0.241 e. The number of sulfonamides is 1. The minimum Gasteiger partial charge on any atom is -0.384 e. The van der Waals surface area contributed by atoms with Gasteiger partial charge in [-0.25, -0.2) is 8.42 Å². The lowest BCUT2D eigenvalue weighted by atomic mass is 9.91. The van der Waals surface area contributed by atoms with E-state index >= 15 is 0 Å². The molecule has 0 bridgehead atoms. The van der Waals surface area contributed by atoms with E-state index in [0.29, 0.717) is 55.2 Å². The molecule has 240 valence electrons. The number of hydrogen-bond acceptors (Lipinski definition) is 6. The second-order valence-corrected chi connectivity index (χ2v) is 13.0. The normalized spacial score (nSPS) is 16.6. The van der Waals surface area contributed by atoms with E-state index in [9.17, 15) is 22.8 Å². The van der Waals surface area contributed by atoms with Crippen LogP contribution in [0.15, 0.2) is 53.4 Å². The molecule has 44 heavy (non-hydrogen) atoms. The third kappa shape index (κ3) is 9.29. The highest BCUT2D eigenvalue weighted by atomic mass is 32.2. The Kier molecular flexibility index (Phi) is 12.8. The molecule has 0 aliphatic carbocycles. The van der Waals surface area contributed by atoms with Crippen LogP contribution >= 0.6 is 13.5 Å². The minimum atomic E-state index is -4.14. The number of piperidine rings is 2. The molecule has 0 saturated carbocycles. The Labute approximate surface area is 266 Å². The molecule has 4 rings (SSSR count). The van der Waals surface area contributed by atoms with Gasteiger partial charge in [0, 0.05) is 50.8 Å². The summed E-state index contributed by atoms with van der Waals surface area (Å²) in [7, 11) is -2.52. The van der Waals surface area contributed by atoms with E-state index in [-0.39, 0.29) is 48.4 Å². The van der Waals surface area contributed by atoms with Crippen LogP contribution in [-0.2, 0) is 30.8 Å². The Morgan fingerprint density at radius 2 is 1.80 bits per heavy atom. The van der Waals surface area contributed by atoms with Crippen molar-refractivity contribution in [2.75, 3.05) is 31.6 Å². The van der Waals surface area contributed by atoms with Gasteiger partial charge < -0.3 is 20.9 Å². The van der Waals surface area contributed by atoms with E-state index in [0.717, 1.165) is 38.5 Å². The number of benzene rings is 2. The monoisotopic (exact) mass is 644 g/mol. The van der Waals surface area contributed by atoms with E-state index in [1.807, 2.05) is 0 Å². The largest absolute Gasteiger partial charge is 0.384 e. The van der Waals surface area contributed by atoms with Gasteiger partial charge in [0.15, 0.2) is 0 Å². The number of nitrogens with two attached hydrogens (primary N) is 1. The fraction of sp³-hybridized carbons (Fsp3) is 0.484. The van der Waals surface area contributed by atoms with Crippen molar-refractivity contribution >= 4 is 52.8 Å². The van der Waals surface area contributed by atoms with Gasteiger partial charge >= 0.3 is 0 Å². The fourth-order valence-corrected chi connectivity index (χ4v) is 7.00. The second kappa shape index (κ2) is 16.1. The molecule has 2 saturated heterocycles. The quantitative estimate of drug-likeness (QED) is 0.205. The zero-order valence-electron chi connectivity index (χ0n) is 25.2. The molecule has 11 nitrogen and oxygen atoms in total. The third-order valence-electron chi connectivity index (χ3n) is 8.26. The summed E-state index contributed by atoms with van der Waals surface area (Å²) in [4.78, 5) is 41.2. The van der Waals surface area contributed by atoms with Gasteiger partial charge in [-0.3, -0.25) is 19.8 Å². The molecule has 2 aliphatic rings. The molecular weight excluding hydrogens is 601 g/mol. The van der Waals surface area contributed by atoms with Crippen LogP contribution in [0.3, 0.4) is 0 Å². The van der Waals surface area contributed by atoms with Crippen molar-refractivity contribution in [1.82, 2.24) is 14.9 Å². The Morgan fingerprint density at radius 3 is 2.48 bits per heavy atom. The van der Waals surface area contributed by atoms with Crippen molar-refractivity contribution in [3.05, 3.63) is 59.7 Å². The summed E-state index contributed by atoms with van der Waals surface area (Å²) in [6, 6.07) is 12.1. The van der Waals surface area contributed by atoms with Gasteiger partial charge in [-0.2, -0.15) is 18.2 Å². The predicted molar refractivity (Wildman–Crippen MR) is 176 cm³/mol. The summed E-state index contributed by atoms with van der Waals surface area (Å²) in [6.45, 7) is 1.54. The number of likely N-dealkylation sites (tertiary alicyclic amines) is 1. The van der Waals surface area contributed by atoms with Crippen LogP contribution in [0.4, 0.5) is 5.69 Å². The van der Waals surface area contributed by atoms with Gasteiger partial charge in [0.25, 0.3) is 0 Å². The lowest BCUT2D eigenvalue weighted by Crippen LogP contribution is -2.51. The number of anilines is 1. The number of amidine groups is 1. The average Bonchev–Trinajstić information content (AvgIpc) is 3.01. The molecule has 0 aromatic heterocycles. The number of nitrogens with zero attached hydrogens (tertiary/aromatic N) is 2. The molecule has 2 aliphatic heterocycles. The summed E-state index contributed by atoms with van der Waals surface area (Å²) in [5.74, 6) is -0.0546. The maximum absolute atomic E-state index is 13.9. The van der Waals surface area contributed by atoms with E-state index in [2.05, 4.69) is 10.0 Å². The first-order valence-electron chi connectivity index (χ1n) is 14.9. The molecule has 13 heteroatoms. The van der Waals surface area contributed by atoms with Gasteiger partial charge in [-0.05, 0) is 80.7 Å². The second-order valence-electron chi connectivity index (χ2n) is 11.3. The number of hydrogen-bond donors (Lipinski definition) is 4. The minimum absolute atomic E-state index is 0. The highest BCUT2D eigenvalue weighted by Crippen LogP contribution is 2.26. The molecule has 1 atom stereocenters. The van der Waals surface area contributed by atoms with Crippen molar-refractivity contribution in [2.45, 2.75) is 68.7 Å². The number of carbonyl (C=O) groups excluding carboxylic acids is 3. The van der Waals surface area contributed by atoms with Crippen LogP contribution in [0.1, 0.15) is 62.5 Å². The summed E-state index contributed by atoms with van der Waals surface area (Å²) < 4.78 is 30.0. The molecular formula is C31H44N6O5S2. The molecule has 5 N–H and O–H groups in total. The zero-order valence-corrected chi connectivity index (χ0v) is 27.0. The highest BCUT2D eigenvalue weighted by Gasteiger charge is 2.32. The predicted octanol–water partition coefficient (Wildman–Crippen LogP) is 2.64. The molecule has 2 aromatic carbocycles. The van der Waals surface area contributed by atoms with Crippen LogP contribution in [0, 0.1) is 11.3 Å². The van der Waals surface area contributed by atoms with Crippen molar-refractivity contribution < 1.29 is 22.8 Å². The average molecular weight is 645 g/mol. The smallest absolute Gasteiger partial charge is 0.241 e. The number of nitrogens with one attached hydrogen (secondary N) is 3.